The molecule has 1 heterocycles. The average Bonchev–Trinajstić information content (AvgIpc) is 3.12. The standard InChI is InChI=1S/C26H23N/c1-3-22-19-21(2)27(20-22)26(23-13-7-4-8-14-23,24-15-9-5-10-16-24)25-17-11-6-12-18-25/h3-18,20H,1-2,19H2. The van der Waals surface area contributed by atoms with Gasteiger partial charge >= 0.3 is 0 Å². The molecule has 3 aromatic rings. The summed E-state index contributed by atoms with van der Waals surface area (Å²) in [6.07, 6.45) is 4.94. The maximum absolute atomic E-state index is 4.40. The Morgan fingerprint density at radius 2 is 1.11 bits per heavy atom. The molecule has 132 valence electrons. The van der Waals surface area contributed by atoms with Crippen molar-refractivity contribution in [2.45, 2.75) is 12.0 Å². The SMILES string of the molecule is C=CC1=CN(C(c2ccccc2)(c2ccccc2)c2ccccc2)C(=C)C1. The third kappa shape index (κ3) is 2.82. The van der Waals surface area contributed by atoms with Crippen LogP contribution in [0.2, 0.25) is 0 Å². The molecule has 0 aliphatic carbocycles. The number of benzene rings is 3. The monoisotopic (exact) mass is 349 g/mol. The van der Waals surface area contributed by atoms with Gasteiger partial charge in [-0.1, -0.05) is 110 Å². The van der Waals surface area contributed by atoms with Gasteiger partial charge in [-0.2, -0.15) is 0 Å². The van der Waals surface area contributed by atoms with Crippen molar-refractivity contribution in [3.05, 3.63) is 144 Å². The molecular formula is C26H23N. The second-order valence-corrected chi connectivity index (χ2v) is 6.83. The summed E-state index contributed by atoms with van der Waals surface area (Å²) in [5.41, 5.74) is 5.42. The molecule has 1 heteroatoms. The van der Waals surface area contributed by atoms with Crippen LogP contribution in [-0.2, 0) is 5.54 Å². The van der Waals surface area contributed by atoms with Crippen molar-refractivity contribution in [1.82, 2.24) is 4.90 Å². The summed E-state index contributed by atoms with van der Waals surface area (Å²) in [6, 6.07) is 32.0. The molecule has 0 spiro atoms. The maximum atomic E-state index is 4.40. The minimum absolute atomic E-state index is 0.481. The lowest BCUT2D eigenvalue weighted by Crippen LogP contribution is -2.43. The molecule has 0 unspecified atom stereocenters. The lowest BCUT2D eigenvalue weighted by atomic mass is 9.75. The van der Waals surface area contributed by atoms with Crippen LogP contribution in [0.3, 0.4) is 0 Å². The summed E-state index contributed by atoms with van der Waals surface area (Å²) in [6.45, 7) is 8.38. The molecule has 27 heavy (non-hydrogen) atoms. The molecule has 1 aliphatic rings. The van der Waals surface area contributed by atoms with Crippen molar-refractivity contribution in [2.75, 3.05) is 0 Å². The van der Waals surface area contributed by atoms with Crippen LogP contribution in [-0.4, -0.2) is 4.90 Å². The highest BCUT2D eigenvalue weighted by molar-refractivity contribution is 5.53. The summed E-state index contributed by atoms with van der Waals surface area (Å²) in [5, 5.41) is 0. The first-order valence-corrected chi connectivity index (χ1v) is 9.23. The zero-order chi connectivity index (χ0) is 18.7. The van der Waals surface area contributed by atoms with Crippen molar-refractivity contribution < 1.29 is 0 Å². The molecule has 0 fully saturated rings. The topological polar surface area (TPSA) is 3.24 Å². The van der Waals surface area contributed by atoms with Crippen molar-refractivity contribution >= 4 is 0 Å². The quantitative estimate of drug-likeness (QED) is 0.491. The van der Waals surface area contributed by atoms with Gasteiger partial charge in [0.05, 0.1) is 0 Å². The molecule has 0 aromatic heterocycles. The Balaban J connectivity index is 2.09. The lowest BCUT2D eigenvalue weighted by Gasteiger charge is -2.44. The number of nitrogens with zero attached hydrogens (tertiary/aromatic N) is 1. The van der Waals surface area contributed by atoms with Gasteiger partial charge in [0.15, 0.2) is 0 Å². The van der Waals surface area contributed by atoms with E-state index in [0.29, 0.717) is 0 Å². The van der Waals surface area contributed by atoms with Crippen LogP contribution in [0, 0.1) is 0 Å². The fourth-order valence-electron chi connectivity index (χ4n) is 4.04. The Labute approximate surface area is 161 Å². The van der Waals surface area contributed by atoms with E-state index in [9.17, 15) is 0 Å². The Morgan fingerprint density at radius 3 is 1.44 bits per heavy atom. The lowest BCUT2D eigenvalue weighted by molar-refractivity contribution is 0.299. The van der Waals surface area contributed by atoms with Crippen LogP contribution in [0.25, 0.3) is 0 Å². The molecule has 1 aliphatic heterocycles. The van der Waals surface area contributed by atoms with E-state index in [-0.39, 0.29) is 0 Å². The summed E-state index contributed by atoms with van der Waals surface area (Å²) >= 11 is 0. The van der Waals surface area contributed by atoms with Crippen molar-refractivity contribution in [3.63, 3.8) is 0 Å². The molecule has 0 amide bonds. The molecule has 1 nitrogen and oxygen atoms in total. The van der Waals surface area contributed by atoms with E-state index in [4.69, 9.17) is 0 Å². The van der Waals surface area contributed by atoms with E-state index in [0.717, 1.165) is 12.1 Å². The molecule has 0 radical (unpaired) electrons. The summed E-state index contributed by atoms with van der Waals surface area (Å²) in [4.78, 5) is 2.32. The van der Waals surface area contributed by atoms with Crippen LogP contribution in [0.4, 0.5) is 0 Å². The fraction of sp³-hybridized carbons (Fsp3) is 0.0769. The van der Waals surface area contributed by atoms with Gasteiger partial charge in [-0.05, 0) is 22.3 Å². The highest BCUT2D eigenvalue weighted by Crippen LogP contribution is 2.47. The van der Waals surface area contributed by atoms with Gasteiger partial charge in [-0.25, -0.2) is 0 Å². The van der Waals surface area contributed by atoms with Crippen molar-refractivity contribution in [1.29, 1.82) is 0 Å². The largest absolute Gasteiger partial charge is 0.333 e. The molecule has 0 N–H and O–H groups in total. The first-order chi connectivity index (χ1) is 13.3. The predicted octanol–water partition coefficient (Wildman–Crippen LogP) is 6.27. The van der Waals surface area contributed by atoms with Gasteiger partial charge in [-0.3, -0.25) is 0 Å². The minimum Gasteiger partial charge on any atom is -0.333 e. The fourth-order valence-corrected chi connectivity index (χ4v) is 4.04. The van der Waals surface area contributed by atoms with E-state index >= 15 is 0 Å². The molecule has 0 bridgehead atoms. The van der Waals surface area contributed by atoms with E-state index in [1.165, 1.54) is 22.3 Å². The first kappa shape index (κ1) is 17.1. The van der Waals surface area contributed by atoms with E-state index in [1.54, 1.807) is 0 Å². The van der Waals surface area contributed by atoms with E-state index in [1.807, 2.05) is 6.08 Å². The normalized spacial score (nSPS) is 14.1. The van der Waals surface area contributed by atoms with Crippen LogP contribution in [0.5, 0.6) is 0 Å². The number of allylic oxidation sites excluding steroid dienone is 2. The van der Waals surface area contributed by atoms with E-state index < -0.39 is 5.54 Å². The highest BCUT2D eigenvalue weighted by atomic mass is 15.2. The number of hydrogen-bond acceptors (Lipinski definition) is 1. The average molecular weight is 349 g/mol. The number of rotatable bonds is 5. The predicted molar refractivity (Wildman–Crippen MR) is 113 cm³/mol. The third-order valence-electron chi connectivity index (χ3n) is 5.24. The van der Waals surface area contributed by atoms with Crippen LogP contribution in [0.15, 0.2) is 128 Å². The molecule has 0 atom stereocenters. The van der Waals surface area contributed by atoms with Gasteiger partial charge in [-0.15, -0.1) is 0 Å². The van der Waals surface area contributed by atoms with E-state index in [2.05, 4.69) is 115 Å². The Kier molecular flexibility index (Phi) is 4.52. The van der Waals surface area contributed by atoms with Crippen LogP contribution < -0.4 is 0 Å². The van der Waals surface area contributed by atoms with Gasteiger partial charge in [0, 0.05) is 18.3 Å². The van der Waals surface area contributed by atoms with Crippen LogP contribution in [0.1, 0.15) is 23.1 Å². The Bertz CT molecular complexity index is 872. The van der Waals surface area contributed by atoms with Gasteiger partial charge in [0.25, 0.3) is 0 Å². The second kappa shape index (κ2) is 7.13. The molecule has 0 saturated heterocycles. The van der Waals surface area contributed by atoms with Crippen molar-refractivity contribution in [3.8, 4) is 0 Å². The Morgan fingerprint density at radius 1 is 0.704 bits per heavy atom. The minimum atomic E-state index is -0.481. The number of hydrogen-bond donors (Lipinski definition) is 0. The molecule has 3 aromatic carbocycles. The van der Waals surface area contributed by atoms with Crippen molar-refractivity contribution in [2.24, 2.45) is 0 Å². The third-order valence-corrected chi connectivity index (χ3v) is 5.24. The smallest absolute Gasteiger partial charge is 0.120 e. The molecule has 4 rings (SSSR count). The summed E-state index contributed by atoms with van der Waals surface area (Å²) in [7, 11) is 0. The zero-order valence-corrected chi connectivity index (χ0v) is 15.4. The molecule has 0 saturated carbocycles. The molecular weight excluding hydrogens is 326 g/mol. The zero-order valence-electron chi connectivity index (χ0n) is 15.4. The summed E-state index contributed by atoms with van der Waals surface area (Å²) < 4.78 is 0. The van der Waals surface area contributed by atoms with Crippen LogP contribution >= 0.6 is 0 Å². The van der Waals surface area contributed by atoms with Gasteiger partial charge in [0.1, 0.15) is 5.54 Å². The second-order valence-electron chi connectivity index (χ2n) is 6.83. The summed E-state index contributed by atoms with van der Waals surface area (Å²) in [5.74, 6) is 0. The first-order valence-electron chi connectivity index (χ1n) is 9.23. The van der Waals surface area contributed by atoms with Gasteiger partial charge < -0.3 is 4.90 Å². The van der Waals surface area contributed by atoms with Gasteiger partial charge in [0.2, 0.25) is 0 Å². The highest BCUT2D eigenvalue weighted by Gasteiger charge is 2.43. The maximum Gasteiger partial charge on any atom is 0.120 e. The Hall–Kier alpha value is -3.32.